The minimum Gasteiger partial charge on any atom is -0.463 e. The number of rotatable bonds is 7. The monoisotopic (exact) mass is 535 g/mol. The molecule has 2 amide bonds. The number of ether oxygens (including phenoxy) is 1. The van der Waals surface area contributed by atoms with Gasteiger partial charge in [-0.1, -0.05) is 11.6 Å². The summed E-state index contributed by atoms with van der Waals surface area (Å²) in [6.07, 6.45) is 1.36. The Morgan fingerprint density at radius 3 is 2.57 bits per heavy atom. The number of amidine groups is 1. The lowest BCUT2D eigenvalue weighted by molar-refractivity contribution is 0.0990. The number of benzene rings is 1. The summed E-state index contributed by atoms with van der Waals surface area (Å²) in [5.74, 6) is -2.49. The second kappa shape index (κ2) is 10.00. The highest BCUT2D eigenvalue weighted by molar-refractivity contribution is 7.85. The van der Waals surface area contributed by atoms with Crippen LogP contribution >= 0.6 is 22.9 Å². The minimum absolute atomic E-state index is 0.0219. The summed E-state index contributed by atoms with van der Waals surface area (Å²) in [4.78, 5) is 32.8. The van der Waals surface area contributed by atoms with Crippen LogP contribution < -0.4 is 15.1 Å². The molecule has 2 aromatic heterocycles. The molecular weight excluding hydrogens is 518 g/mol. The predicted molar refractivity (Wildman–Crippen MR) is 132 cm³/mol. The van der Waals surface area contributed by atoms with Crippen LogP contribution in [-0.4, -0.2) is 54.8 Å². The first-order chi connectivity index (χ1) is 16.6. The van der Waals surface area contributed by atoms with Gasteiger partial charge in [-0.3, -0.25) is 29.4 Å². The number of nitrogens with zero attached hydrogens (tertiary/aromatic N) is 3. The third-order valence-corrected chi connectivity index (χ3v) is 6.69. The summed E-state index contributed by atoms with van der Waals surface area (Å²) >= 11 is 6.92. The highest BCUT2D eigenvalue weighted by Gasteiger charge is 2.27. The van der Waals surface area contributed by atoms with Gasteiger partial charge < -0.3 is 10.1 Å². The number of nitrogens with one attached hydrogen (secondary N) is 2. The lowest BCUT2D eigenvalue weighted by Crippen LogP contribution is -2.36. The first kappa shape index (κ1) is 24.6. The molecular formula is C21H18ClN5O6S2. The average Bonchev–Trinajstić information content (AvgIpc) is 3.45. The SMILES string of the molecule is N=C1OCCN1c1ccc(N(CS(=O)(=O)O)C(=O)c2cccnc2NC(=O)c2ccc(Cl)s2)cc1. The molecule has 3 N–H and O–H groups in total. The second-order valence-electron chi connectivity index (χ2n) is 7.22. The van der Waals surface area contributed by atoms with Crippen LogP contribution in [0.4, 0.5) is 17.2 Å². The Kier molecular flexibility index (Phi) is 7.03. The maximum absolute atomic E-state index is 13.4. The molecule has 0 spiro atoms. The summed E-state index contributed by atoms with van der Waals surface area (Å²) in [5, 5.41) is 10.3. The van der Waals surface area contributed by atoms with Gasteiger partial charge in [0.15, 0.2) is 5.88 Å². The van der Waals surface area contributed by atoms with Crippen LogP contribution in [0.25, 0.3) is 0 Å². The predicted octanol–water partition coefficient (Wildman–Crippen LogP) is 3.31. The van der Waals surface area contributed by atoms with Gasteiger partial charge in [0.05, 0.1) is 21.3 Å². The van der Waals surface area contributed by atoms with Gasteiger partial charge in [-0.2, -0.15) is 8.42 Å². The van der Waals surface area contributed by atoms with Gasteiger partial charge >= 0.3 is 0 Å². The number of halogens is 1. The number of aromatic nitrogens is 1. The highest BCUT2D eigenvalue weighted by atomic mass is 35.5. The topological polar surface area (TPSA) is 153 Å². The Hall–Kier alpha value is -3.52. The Bertz CT molecular complexity index is 1390. The van der Waals surface area contributed by atoms with Crippen LogP contribution in [0.15, 0.2) is 54.7 Å². The molecule has 0 unspecified atom stereocenters. The number of pyridine rings is 1. The van der Waals surface area contributed by atoms with Crippen LogP contribution in [0.1, 0.15) is 20.0 Å². The molecule has 35 heavy (non-hydrogen) atoms. The van der Waals surface area contributed by atoms with Crippen molar-refractivity contribution in [2.24, 2.45) is 0 Å². The molecule has 3 aromatic rings. The second-order valence-corrected chi connectivity index (χ2v) is 10.4. The normalized spacial score (nSPS) is 13.4. The highest BCUT2D eigenvalue weighted by Crippen LogP contribution is 2.27. The maximum atomic E-state index is 13.4. The van der Waals surface area contributed by atoms with Gasteiger partial charge in [0, 0.05) is 17.6 Å². The molecule has 182 valence electrons. The largest absolute Gasteiger partial charge is 0.463 e. The minimum atomic E-state index is -4.62. The molecule has 14 heteroatoms. The summed E-state index contributed by atoms with van der Waals surface area (Å²) in [5.41, 5.74) is 0.680. The quantitative estimate of drug-likeness (QED) is 0.389. The average molecular weight is 536 g/mol. The van der Waals surface area contributed by atoms with E-state index >= 15 is 0 Å². The van der Waals surface area contributed by atoms with Crippen molar-refractivity contribution in [1.29, 1.82) is 5.41 Å². The summed E-state index contributed by atoms with van der Waals surface area (Å²) in [7, 11) is -4.62. The van der Waals surface area contributed by atoms with Gasteiger partial charge in [-0.25, -0.2) is 4.98 Å². The third kappa shape index (κ3) is 5.77. The molecule has 0 bridgehead atoms. The van der Waals surface area contributed by atoms with Gasteiger partial charge in [-0.05, 0) is 48.5 Å². The lowest BCUT2D eigenvalue weighted by Gasteiger charge is -2.23. The van der Waals surface area contributed by atoms with Crippen molar-refractivity contribution in [1.82, 2.24) is 4.98 Å². The first-order valence-corrected chi connectivity index (χ1v) is 12.8. The number of amides is 2. The Balaban J connectivity index is 1.65. The van der Waals surface area contributed by atoms with Crippen LogP contribution in [0.2, 0.25) is 4.34 Å². The van der Waals surface area contributed by atoms with Crippen molar-refractivity contribution >= 4 is 68.1 Å². The van der Waals surface area contributed by atoms with Gasteiger partial charge in [0.25, 0.3) is 28.0 Å². The molecule has 0 aliphatic carbocycles. The molecule has 1 aromatic carbocycles. The van der Waals surface area contributed by atoms with E-state index in [1.54, 1.807) is 23.1 Å². The molecule has 3 heterocycles. The van der Waals surface area contributed by atoms with Crippen molar-refractivity contribution in [3.8, 4) is 0 Å². The van der Waals surface area contributed by atoms with Crippen molar-refractivity contribution < 1.29 is 27.3 Å². The van der Waals surface area contributed by atoms with E-state index < -0.39 is 27.8 Å². The van der Waals surface area contributed by atoms with E-state index in [0.29, 0.717) is 28.1 Å². The summed E-state index contributed by atoms with van der Waals surface area (Å²) in [6, 6.07) is 12.0. The molecule has 1 aliphatic heterocycles. The van der Waals surface area contributed by atoms with Gasteiger partial charge in [-0.15, -0.1) is 11.3 Å². The Morgan fingerprint density at radius 2 is 1.97 bits per heavy atom. The molecule has 1 saturated heterocycles. The van der Waals surface area contributed by atoms with Crippen molar-refractivity contribution in [3.63, 3.8) is 0 Å². The molecule has 0 saturated carbocycles. The number of carbonyl (C=O) groups is 2. The summed E-state index contributed by atoms with van der Waals surface area (Å²) in [6.45, 7) is 0.834. The number of anilines is 3. The maximum Gasteiger partial charge on any atom is 0.289 e. The van der Waals surface area contributed by atoms with Crippen molar-refractivity contribution in [2.45, 2.75) is 0 Å². The molecule has 0 radical (unpaired) electrons. The standard InChI is InChI=1S/C21H18ClN5O6S2/c22-17-8-7-16(34-17)19(28)25-18-15(2-1-9-24-18)20(29)27(12-35(30,31)32)14-5-3-13(4-6-14)26-10-11-33-21(26)23/h1-9,23H,10-12H2,(H,24,25,28)(H,30,31,32). The fourth-order valence-electron chi connectivity index (χ4n) is 3.31. The number of hydrogen-bond acceptors (Lipinski definition) is 8. The van der Waals surface area contributed by atoms with E-state index in [4.69, 9.17) is 21.7 Å². The van der Waals surface area contributed by atoms with E-state index in [1.807, 2.05) is 0 Å². The zero-order chi connectivity index (χ0) is 25.2. The Labute approximate surface area is 209 Å². The fourth-order valence-corrected chi connectivity index (χ4v) is 4.84. The number of carbonyl (C=O) groups excluding carboxylic acids is 2. The van der Waals surface area contributed by atoms with E-state index in [2.05, 4.69) is 10.3 Å². The van der Waals surface area contributed by atoms with Crippen LogP contribution in [0.3, 0.4) is 0 Å². The van der Waals surface area contributed by atoms with Crippen LogP contribution in [0, 0.1) is 5.41 Å². The molecule has 11 nitrogen and oxygen atoms in total. The van der Waals surface area contributed by atoms with E-state index in [1.165, 1.54) is 36.5 Å². The van der Waals surface area contributed by atoms with Crippen LogP contribution in [-0.2, 0) is 14.9 Å². The smallest absolute Gasteiger partial charge is 0.289 e. The number of hydrogen-bond donors (Lipinski definition) is 3. The lowest BCUT2D eigenvalue weighted by atomic mass is 10.2. The Morgan fingerprint density at radius 1 is 1.23 bits per heavy atom. The van der Waals surface area contributed by atoms with E-state index in [9.17, 15) is 22.6 Å². The first-order valence-electron chi connectivity index (χ1n) is 10.00. The molecule has 0 atom stereocenters. The number of thiophene rings is 1. The molecule has 4 rings (SSSR count). The zero-order valence-electron chi connectivity index (χ0n) is 17.8. The molecule has 1 fully saturated rings. The van der Waals surface area contributed by atoms with Crippen LogP contribution in [0.5, 0.6) is 0 Å². The van der Waals surface area contributed by atoms with Gasteiger partial charge in [0.2, 0.25) is 0 Å². The van der Waals surface area contributed by atoms with Crippen molar-refractivity contribution in [3.05, 3.63) is 69.5 Å². The van der Waals surface area contributed by atoms with E-state index in [0.717, 1.165) is 16.2 Å². The van der Waals surface area contributed by atoms with E-state index in [-0.39, 0.29) is 23.1 Å². The van der Waals surface area contributed by atoms with Gasteiger partial charge in [0.1, 0.15) is 12.4 Å². The fraction of sp³-hybridized carbons (Fsp3) is 0.143. The van der Waals surface area contributed by atoms with Crippen molar-refractivity contribution in [2.75, 3.05) is 34.1 Å². The molecule has 1 aliphatic rings. The zero-order valence-corrected chi connectivity index (χ0v) is 20.2. The summed E-state index contributed by atoms with van der Waals surface area (Å²) < 4.78 is 38.5. The third-order valence-electron chi connectivity index (χ3n) is 4.88.